The smallest absolute Gasteiger partial charge is 0.216 e. The first-order chi connectivity index (χ1) is 11.9. The first-order valence-corrected chi connectivity index (χ1v) is 9.68. The molecule has 8 heteroatoms. The minimum atomic E-state index is -3.31. The fourth-order valence-corrected chi connectivity index (χ4v) is 3.99. The maximum absolute atomic E-state index is 12.0. The number of sulfonamides is 1. The zero-order valence-corrected chi connectivity index (χ0v) is 15.0. The van der Waals surface area contributed by atoms with Crippen molar-refractivity contribution in [3.05, 3.63) is 60.0 Å². The van der Waals surface area contributed by atoms with Crippen molar-refractivity contribution >= 4 is 21.4 Å². The second kappa shape index (κ2) is 7.20. The standard InChI is InChI=1S/C17H21N5O2S/c1-13(2)21-25(23,24)12-15-5-3-14(4-6-15)11-19-17-16-7-8-20-22(16)10-9-18-17/h3-10,13,21H,11-12H2,1-2H3,(H,18,19). The van der Waals surface area contributed by atoms with E-state index in [0.29, 0.717) is 6.54 Å². The molecule has 2 N–H and O–H groups in total. The molecule has 2 aromatic heterocycles. The van der Waals surface area contributed by atoms with Gasteiger partial charge in [-0.05, 0) is 31.0 Å². The van der Waals surface area contributed by atoms with Crippen molar-refractivity contribution in [2.45, 2.75) is 32.2 Å². The summed E-state index contributed by atoms with van der Waals surface area (Å²) in [5.74, 6) is 0.739. The number of hydrogen-bond acceptors (Lipinski definition) is 5. The van der Waals surface area contributed by atoms with Gasteiger partial charge in [0.05, 0.1) is 11.9 Å². The number of benzene rings is 1. The van der Waals surface area contributed by atoms with Crippen LogP contribution in [-0.2, 0) is 22.3 Å². The molecule has 0 radical (unpaired) electrons. The average molecular weight is 359 g/mol. The Hall–Kier alpha value is -2.45. The summed E-state index contributed by atoms with van der Waals surface area (Å²) in [7, 11) is -3.31. The Labute approximate surface area is 147 Å². The van der Waals surface area contributed by atoms with Crippen molar-refractivity contribution in [2.24, 2.45) is 0 Å². The molecule has 3 aromatic rings. The van der Waals surface area contributed by atoms with Gasteiger partial charge in [-0.1, -0.05) is 24.3 Å². The van der Waals surface area contributed by atoms with Crippen molar-refractivity contribution in [2.75, 3.05) is 5.32 Å². The number of nitrogens with zero attached hydrogens (tertiary/aromatic N) is 3. The van der Waals surface area contributed by atoms with Crippen molar-refractivity contribution in [1.29, 1.82) is 0 Å². The summed E-state index contributed by atoms with van der Waals surface area (Å²) in [4.78, 5) is 4.33. The minimum absolute atomic E-state index is 0.0183. The first kappa shape index (κ1) is 17.4. The molecular formula is C17H21N5O2S. The van der Waals surface area contributed by atoms with E-state index >= 15 is 0 Å². The van der Waals surface area contributed by atoms with Gasteiger partial charge in [0.25, 0.3) is 0 Å². The van der Waals surface area contributed by atoms with Gasteiger partial charge in [0.2, 0.25) is 10.0 Å². The lowest BCUT2D eigenvalue weighted by Crippen LogP contribution is -2.31. The van der Waals surface area contributed by atoms with Crippen LogP contribution in [0.5, 0.6) is 0 Å². The van der Waals surface area contributed by atoms with Crippen molar-refractivity contribution in [1.82, 2.24) is 19.3 Å². The molecule has 0 bridgehead atoms. The van der Waals surface area contributed by atoms with E-state index in [9.17, 15) is 8.42 Å². The van der Waals surface area contributed by atoms with Crippen LogP contribution < -0.4 is 10.0 Å². The average Bonchev–Trinajstić information content (AvgIpc) is 3.01. The lowest BCUT2D eigenvalue weighted by molar-refractivity contribution is 0.569. The van der Waals surface area contributed by atoms with E-state index in [1.54, 1.807) is 37.0 Å². The monoisotopic (exact) mass is 359 g/mol. The topological polar surface area (TPSA) is 88.4 Å². The molecular weight excluding hydrogens is 338 g/mol. The number of fused-ring (bicyclic) bond motifs is 1. The van der Waals surface area contributed by atoms with E-state index in [2.05, 4.69) is 20.1 Å². The van der Waals surface area contributed by atoms with Gasteiger partial charge in [0, 0.05) is 25.0 Å². The second-order valence-corrected chi connectivity index (χ2v) is 7.89. The molecule has 0 fully saturated rings. The van der Waals surface area contributed by atoms with Crippen LogP contribution in [0, 0.1) is 0 Å². The summed E-state index contributed by atoms with van der Waals surface area (Å²) in [6.45, 7) is 4.21. The van der Waals surface area contributed by atoms with Crippen LogP contribution in [-0.4, -0.2) is 29.1 Å². The van der Waals surface area contributed by atoms with Crippen LogP contribution in [0.4, 0.5) is 5.82 Å². The molecule has 0 aliphatic rings. The van der Waals surface area contributed by atoms with Gasteiger partial charge in [-0.2, -0.15) is 5.10 Å². The molecule has 132 valence electrons. The third kappa shape index (κ3) is 4.55. The lowest BCUT2D eigenvalue weighted by atomic mass is 10.1. The molecule has 0 amide bonds. The first-order valence-electron chi connectivity index (χ1n) is 8.03. The number of rotatable bonds is 7. The maximum atomic E-state index is 12.0. The maximum Gasteiger partial charge on any atom is 0.216 e. The Kier molecular flexibility index (Phi) is 5.00. The van der Waals surface area contributed by atoms with Gasteiger partial charge in [0.1, 0.15) is 5.52 Å². The Balaban J connectivity index is 1.64. The molecule has 0 unspecified atom stereocenters. The number of hydrogen-bond donors (Lipinski definition) is 2. The highest BCUT2D eigenvalue weighted by Gasteiger charge is 2.12. The third-order valence-corrected chi connectivity index (χ3v) is 5.12. The third-order valence-electron chi connectivity index (χ3n) is 3.58. The molecule has 25 heavy (non-hydrogen) atoms. The number of anilines is 1. The van der Waals surface area contributed by atoms with Gasteiger partial charge < -0.3 is 5.32 Å². The zero-order chi connectivity index (χ0) is 17.9. The molecule has 0 spiro atoms. The Bertz CT molecular complexity index is 949. The molecule has 0 atom stereocenters. The highest BCUT2D eigenvalue weighted by Crippen LogP contribution is 2.14. The van der Waals surface area contributed by atoms with E-state index in [-0.39, 0.29) is 11.8 Å². The minimum Gasteiger partial charge on any atom is -0.364 e. The van der Waals surface area contributed by atoms with Crippen LogP contribution in [0.2, 0.25) is 0 Å². The van der Waals surface area contributed by atoms with E-state index in [4.69, 9.17) is 0 Å². The quantitative estimate of drug-likeness (QED) is 0.675. The molecule has 7 nitrogen and oxygen atoms in total. The van der Waals surface area contributed by atoms with Crippen molar-refractivity contribution in [3.8, 4) is 0 Å². The second-order valence-electron chi connectivity index (χ2n) is 6.14. The fourth-order valence-electron chi connectivity index (χ4n) is 2.55. The van der Waals surface area contributed by atoms with Crippen LogP contribution >= 0.6 is 0 Å². The van der Waals surface area contributed by atoms with Gasteiger partial charge in [0.15, 0.2) is 5.82 Å². The van der Waals surface area contributed by atoms with E-state index in [1.165, 1.54) is 0 Å². The molecule has 0 saturated carbocycles. The van der Waals surface area contributed by atoms with E-state index < -0.39 is 10.0 Å². The van der Waals surface area contributed by atoms with Crippen LogP contribution in [0.3, 0.4) is 0 Å². The zero-order valence-electron chi connectivity index (χ0n) is 14.2. The summed E-state index contributed by atoms with van der Waals surface area (Å²) in [6, 6.07) is 9.30. The predicted octanol–water partition coefficient (Wildman–Crippen LogP) is 2.17. The van der Waals surface area contributed by atoms with E-state index in [1.807, 2.05) is 30.3 Å². The van der Waals surface area contributed by atoms with Gasteiger partial charge >= 0.3 is 0 Å². The predicted molar refractivity (Wildman–Crippen MR) is 97.7 cm³/mol. The van der Waals surface area contributed by atoms with Gasteiger partial charge in [-0.3, -0.25) is 0 Å². The van der Waals surface area contributed by atoms with Crippen LogP contribution in [0.15, 0.2) is 48.9 Å². The summed E-state index contributed by atoms with van der Waals surface area (Å²) in [5.41, 5.74) is 2.71. The van der Waals surface area contributed by atoms with Crippen molar-refractivity contribution in [3.63, 3.8) is 0 Å². The fraction of sp³-hybridized carbons (Fsp3) is 0.294. The molecule has 2 heterocycles. The molecule has 1 aromatic carbocycles. The van der Waals surface area contributed by atoms with Crippen LogP contribution in [0.1, 0.15) is 25.0 Å². The molecule has 0 aliphatic heterocycles. The Morgan fingerprint density at radius 1 is 1.08 bits per heavy atom. The Morgan fingerprint density at radius 2 is 1.80 bits per heavy atom. The normalized spacial score (nSPS) is 12.0. The summed E-state index contributed by atoms with van der Waals surface area (Å²) in [5, 5.41) is 7.46. The largest absolute Gasteiger partial charge is 0.364 e. The molecule has 0 saturated heterocycles. The molecule has 0 aliphatic carbocycles. The Morgan fingerprint density at radius 3 is 2.52 bits per heavy atom. The van der Waals surface area contributed by atoms with Gasteiger partial charge in [-0.15, -0.1) is 0 Å². The van der Waals surface area contributed by atoms with Gasteiger partial charge in [-0.25, -0.2) is 22.6 Å². The summed E-state index contributed by atoms with van der Waals surface area (Å²) >= 11 is 0. The highest BCUT2D eigenvalue weighted by molar-refractivity contribution is 7.88. The highest BCUT2D eigenvalue weighted by atomic mass is 32.2. The number of nitrogens with one attached hydrogen (secondary N) is 2. The summed E-state index contributed by atoms with van der Waals surface area (Å²) in [6.07, 6.45) is 5.21. The SMILES string of the molecule is CC(C)NS(=O)(=O)Cc1ccc(CNc2nccn3nccc23)cc1. The number of aromatic nitrogens is 3. The molecule has 3 rings (SSSR count). The summed E-state index contributed by atoms with van der Waals surface area (Å²) < 4.78 is 28.3. The van der Waals surface area contributed by atoms with Crippen molar-refractivity contribution < 1.29 is 8.42 Å². The lowest BCUT2D eigenvalue weighted by Gasteiger charge is -2.10. The van der Waals surface area contributed by atoms with E-state index in [0.717, 1.165) is 22.5 Å². The van der Waals surface area contributed by atoms with Crippen LogP contribution in [0.25, 0.3) is 5.52 Å².